The molecule has 0 spiro atoms. The summed E-state index contributed by atoms with van der Waals surface area (Å²) >= 11 is 4.89. The number of hydrogen-bond donors (Lipinski definition) is 2. The predicted molar refractivity (Wildman–Crippen MR) is 87.5 cm³/mol. The molecule has 0 radical (unpaired) electrons. The minimum atomic E-state index is -3.57. The first-order valence-corrected chi connectivity index (χ1v) is 8.23. The van der Waals surface area contributed by atoms with Crippen LogP contribution in [0, 0.1) is 6.92 Å². The Morgan fingerprint density at radius 2 is 1.86 bits per heavy atom. The van der Waals surface area contributed by atoms with Gasteiger partial charge in [-0.25, -0.2) is 13.1 Å². The second-order valence-electron chi connectivity index (χ2n) is 4.65. The Morgan fingerprint density at radius 1 is 1.19 bits per heavy atom. The molecule has 0 aromatic heterocycles. The molecule has 2 rings (SSSR count). The van der Waals surface area contributed by atoms with Gasteiger partial charge in [-0.15, -0.1) is 0 Å². The standard InChI is InChI=1S/C15H16N2O2S2/c1-11-9-13(15(16)20)7-8-14(11)21(18,19)17-10-12-5-3-2-4-6-12/h2-9,17H,10H2,1H3,(H2,16,20). The highest BCUT2D eigenvalue weighted by Gasteiger charge is 2.17. The van der Waals surface area contributed by atoms with Crippen LogP contribution >= 0.6 is 12.2 Å². The van der Waals surface area contributed by atoms with E-state index in [4.69, 9.17) is 18.0 Å². The first-order valence-electron chi connectivity index (χ1n) is 6.34. The van der Waals surface area contributed by atoms with Gasteiger partial charge in [-0.2, -0.15) is 0 Å². The third-order valence-electron chi connectivity index (χ3n) is 3.06. The van der Waals surface area contributed by atoms with Crippen molar-refractivity contribution >= 4 is 27.2 Å². The Labute approximate surface area is 130 Å². The molecule has 21 heavy (non-hydrogen) atoms. The van der Waals surface area contributed by atoms with Crippen molar-refractivity contribution in [2.45, 2.75) is 18.4 Å². The third-order valence-corrected chi connectivity index (χ3v) is 4.86. The fourth-order valence-corrected chi connectivity index (χ4v) is 3.33. The summed E-state index contributed by atoms with van der Waals surface area (Å²) < 4.78 is 27.3. The zero-order valence-electron chi connectivity index (χ0n) is 11.5. The minimum absolute atomic E-state index is 0.235. The molecule has 0 fully saturated rings. The lowest BCUT2D eigenvalue weighted by molar-refractivity contribution is 0.580. The number of aryl methyl sites for hydroxylation is 1. The van der Waals surface area contributed by atoms with Gasteiger partial charge < -0.3 is 5.73 Å². The number of nitrogens with one attached hydrogen (secondary N) is 1. The smallest absolute Gasteiger partial charge is 0.241 e. The average molecular weight is 320 g/mol. The molecule has 0 bridgehead atoms. The van der Waals surface area contributed by atoms with Crippen molar-refractivity contribution in [2.75, 3.05) is 0 Å². The molecule has 0 aliphatic carbocycles. The van der Waals surface area contributed by atoms with Crippen molar-refractivity contribution in [3.05, 3.63) is 65.2 Å². The van der Waals surface area contributed by atoms with Gasteiger partial charge in [0.05, 0.1) is 4.90 Å². The van der Waals surface area contributed by atoms with E-state index in [0.29, 0.717) is 11.1 Å². The highest BCUT2D eigenvalue weighted by Crippen LogP contribution is 2.17. The second-order valence-corrected chi connectivity index (χ2v) is 6.83. The minimum Gasteiger partial charge on any atom is -0.389 e. The van der Waals surface area contributed by atoms with E-state index in [1.54, 1.807) is 19.1 Å². The summed E-state index contributed by atoms with van der Waals surface area (Å²) in [6.07, 6.45) is 0. The zero-order chi connectivity index (χ0) is 15.5. The number of benzene rings is 2. The predicted octanol–water partition coefficient (Wildman–Crippen LogP) is 2.11. The second kappa shape index (κ2) is 6.34. The van der Waals surface area contributed by atoms with E-state index in [9.17, 15) is 8.42 Å². The zero-order valence-corrected chi connectivity index (χ0v) is 13.2. The lowest BCUT2D eigenvalue weighted by atomic mass is 10.1. The molecule has 2 aromatic rings. The number of hydrogen-bond acceptors (Lipinski definition) is 3. The molecule has 6 heteroatoms. The Bertz CT molecular complexity index is 756. The van der Waals surface area contributed by atoms with Crippen LogP contribution in [0.4, 0.5) is 0 Å². The summed E-state index contributed by atoms with van der Waals surface area (Å²) in [5, 5.41) is 0. The average Bonchev–Trinajstić information content (AvgIpc) is 2.46. The van der Waals surface area contributed by atoms with E-state index in [2.05, 4.69) is 4.72 Å². The normalized spacial score (nSPS) is 11.3. The monoisotopic (exact) mass is 320 g/mol. The summed E-state index contributed by atoms with van der Waals surface area (Å²) in [5.41, 5.74) is 7.71. The Balaban J connectivity index is 2.22. The molecule has 110 valence electrons. The van der Waals surface area contributed by atoms with Gasteiger partial charge in [0.25, 0.3) is 0 Å². The number of thiocarbonyl (C=S) groups is 1. The molecule has 0 amide bonds. The van der Waals surface area contributed by atoms with Crippen LogP contribution in [-0.4, -0.2) is 13.4 Å². The topological polar surface area (TPSA) is 72.2 Å². The van der Waals surface area contributed by atoms with Gasteiger partial charge >= 0.3 is 0 Å². The van der Waals surface area contributed by atoms with Crippen molar-refractivity contribution in [3.63, 3.8) is 0 Å². The molecule has 0 unspecified atom stereocenters. The van der Waals surface area contributed by atoms with E-state index in [0.717, 1.165) is 5.56 Å². The largest absolute Gasteiger partial charge is 0.389 e. The lowest BCUT2D eigenvalue weighted by Crippen LogP contribution is -2.24. The van der Waals surface area contributed by atoms with Crippen molar-refractivity contribution in [1.82, 2.24) is 4.72 Å². The van der Waals surface area contributed by atoms with Gasteiger partial charge in [0.1, 0.15) is 4.99 Å². The van der Waals surface area contributed by atoms with Gasteiger partial charge in [0.2, 0.25) is 10.0 Å². The molecule has 0 aliphatic rings. The summed E-state index contributed by atoms with van der Waals surface area (Å²) in [6, 6.07) is 14.2. The SMILES string of the molecule is Cc1cc(C(N)=S)ccc1S(=O)(=O)NCc1ccccc1. The number of sulfonamides is 1. The van der Waals surface area contributed by atoms with E-state index >= 15 is 0 Å². The van der Waals surface area contributed by atoms with Crippen LogP contribution in [0.25, 0.3) is 0 Å². The Kier molecular flexibility index (Phi) is 4.72. The maximum atomic E-state index is 12.3. The molecular weight excluding hydrogens is 304 g/mol. The van der Waals surface area contributed by atoms with Crippen LogP contribution in [0.15, 0.2) is 53.4 Å². The molecule has 4 nitrogen and oxygen atoms in total. The van der Waals surface area contributed by atoms with Crippen LogP contribution < -0.4 is 10.5 Å². The summed E-state index contributed by atoms with van der Waals surface area (Å²) in [6.45, 7) is 1.97. The van der Waals surface area contributed by atoms with E-state index in [-0.39, 0.29) is 16.4 Å². The summed E-state index contributed by atoms with van der Waals surface area (Å²) in [5.74, 6) is 0. The van der Waals surface area contributed by atoms with Crippen LogP contribution in [0.2, 0.25) is 0 Å². The van der Waals surface area contributed by atoms with E-state index in [1.807, 2.05) is 30.3 Å². The lowest BCUT2D eigenvalue weighted by Gasteiger charge is -2.10. The van der Waals surface area contributed by atoms with Gasteiger partial charge in [-0.3, -0.25) is 0 Å². The maximum absolute atomic E-state index is 12.3. The summed E-state index contributed by atoms with van der Waals surface area (Å²) in [7, 11) is -3.57. The Hall–Kier alpha value is -1.76. The molecule has 0 aliphatic heterocycles. The molecule has 0 heterocycles. The van der Waals surface area contributed by atoms with Crippen molar-refractivity contribution < 1.29 is 8.42 Å². The highest BCUT2D eigenvalue weighted by atomic mass is 32.2. The van der Waals surface area contributed by atoms with Crippen LogP contribution in [-0.2, 0) is 16.6 Å². The van der Waals surface area contributed by atoms with Gasteiger partial charge in [-0.05, 0) is 30.2 Å². The van der Waals surface area contributed by atoms with Crippen LogP contribution in [0.3, 0.4) is 0 Å². The molecule has 2 aromatic carbocycles. The number of nitrogens with two attached hydrogens (primary N) is 1. The fourth-order valence-electron chi connectivity index (χ4n) is 1.96. The van der Waals surface area contributed by atoms with Crippen LogP contribution in [0.1, 0.15) is 16.7 Å². The quantitative estimate of drug-likeness (QED) is 0.828. The van der Waals surface area contributed by atoms with E-state index in [1.165, 1.54) is 6.07 Å². The molecular formula is C15H16N2O2S2. The molecule has 3 N–H and O–H groups in total. The Morgan fingerprint density at radius 3 is 2.43 bits per heavy atom. The van der Waals surface area contributed by atoms with Gasteiger partial charge in [-0.1, -0.05) is 48.6 Å². The van der Waals surface area contributed by atoms with Gasteiger partial charge in [0, 0.05) is 12.1 Å². The first kappa shape index (κ1) is 15.6. The highest BCUT2D eigenvalue weighted by molar-refractivity contribution is 7.89. The fraction of sp³-hybridized carbons (Fsp3) is 0.133. The van der Waals surface area contributed by atoms with Crippen molar-refractivity contribution in [3.8, 4) is 0 Å². The van der Waals surface area contributed by atoms with Gasteiger partial charge in [0.15, 0.2) is 0 Å². The molecule has 0 saturated carbocycles. The maximum Gasteiger partial charge on any atom is 0.241 e. The molecule has 0 atom stereocenters. The van der Waals surface area contributed by atoms with Crippen molar-refractivity contribution in [2.24, 2.45) is 5.73 Å². The summed E-state index contributed by atoms with van der Waals surface area (Å²) in [4.78, 5) is 0.484. The van der Waals surface area contributed by atoms with Crippen LogP contribution in [0.5, 0.6) is 0 Å². The van der Waals surface area contributed by atoms with Crippen molar-refractivity contribution in [1.29, 1.82) is 0 Å². The number of rotatable bonds is 5. The molecule has 0 saturated heterocycles. The van der Waals surface area contributed by atoms with E-state index < -0.39 is 10.0 Å². The third kappa shape index (κ3) is 3.87. The first-order chi connectivity index (χ1) is 9.90.